The molecule has 0 bridgehead atoms. The van der Waals surface area contributed by atoms with Crippen LogP contribution in [0.1, 0.15) is 28.8 Å². The van der Waals surface area contributed by atoms with Crippen molar-refractivity contribution in [1.82, 2.24) is 4.90 Å². The van der Waals surface area contributed by atoms with Gasteiger partial charge in [0, 0.05) is 11.5 Å². The summed E-state index contributed by atoms with van der Waals surface area (Å²) in [5, 5.41) is 0.583. The normalized spacial score (nSPS) is 18.3. The SMILES string of the molecule is Cc1ccc(Cl)c(C(=O)C2CCN(C)CC2)c1. The van der Waals surface area contributed by atoms with E-state index in [9.17, 15) is 4.79 Å². The molecule has 1 aromatic carbocycles. The molecule has 1 fully saturated rings. The van der Waals surface area contributed by atoms with Gasteiger partial charge in [-0.3, -0.25) is 4.79 Å². The van der Waals surface area contributed by atoms with Crippen molar-refractivity contribution in [1.29, 1.82) is 0 Å². The van der Waals surface area contributed by atoms with Crippen LogP contribution in [0, 0.1) is 12.8 Å². The van der Waals surface area contributed by atoms with Crippen molar-refractivity contribution in [2.75, 3.05) is 20.1 Å². The van der Waals surface area contributed by atoms with Crippen LogP contribution in [0.4, 0.5) is 0 Å². The Morgan fingerprint density at radius 3 is 2.65 bits per heavy atom. The molecule has 1 heterocycles. The minimum atomic E-state index is 0.144. The summed E-state index contributed by atoms with van der Waals surface area (Å²) in [6, 6.07) is 5.66. The van der Waals surface area contributed by atoms with Crippen molar-refractivity contribution in [3.63, 3.8) is 0 Å². The van der Waals surface area contributed by atoms with Gasteiger partial charge >= 0.3 is 0 Å². The maximum Gasteiger partial charge on any atom is 0.167 e. The molecule has 3 heteroatoms. The molecular weight excluding hydrogens is 234 g/mol. The monoisotopic (exact) mass is 251 g/mol. The molecule has 1 aliphatic heterocycles. The van der Waals surface area contributed by atoms with E-state index < -0.39 is 0 Å². The lowest BCUT2D eigenvalue weighted by molar-refractivity contribution is 0.0857. The third-order valence-electron chi connectivity index (χ3n) is 3.48. The Morgan fingerprint density at radius 1 is 1.35 bits per heavy atom. The zero-order valence-corrected chi connectivity index (χ0v) is 11.1. The fourth-order valence-corrected chi connectivity index (χ4v) is 2.53. The van der Waals surface area contributed by atoms with Gasteiger partial charge in [-0.15, -0.1) is 0 Å². The molecule has 92 valence electrons. The summed E-state index contributed by atoms with van der Waals surface area (Å²) >= 11 is 6.11. The van der Waals surface area contributed by atoms with Crippen molar-refractivity contribution in [3.05, 3.63) is 34.3 Å². The maximum absolute atomic E-state index is 12.4. The lowest BCUT2D eigenvalue weighted by Crippen LogP contribution is -2.33. The number of rotatable bonds is 2. The summed E-state index contributed by atoms with van der Waals surface area (Å²) in [6.07, 6.45) is 1.89. The summed E-state index contributed by atoms with van der Waals surface area (Å²) < 4.78 is 0. The number of carbonyl (C=O) groups excluding carboxylic acids is 1. The molecule has 0 saturated carbocycles. The molecule has 0 aliphatic carbocycles. The molecule has 17 heavy (non-hydrogen) atoms. The van der Waals surface area contributed by atoms with Gasteiger partial charge < -0.3 is 4.90 Å². The smallest absolute Gasteiger partial charge is 0.167 e. The number of benzene rings is 1. The highest BCUT2D eigenvalue weighted by molar-refractivity contribution is 6.34. The Balaban J connectivity index is 2.16. The van der Waals surface area contributed by atoms with E-state index in [0.717, 1.165) is 31.5 Å². The molecule has 0 spiro atoms. The van der Waals surface area contributed by atoms with Gasteiger partial charge in [0.25, 0.3) is 0 Å². The molecule has 2 nitrogen and oxygen atoms in total. The van der Waals surface area contributed by atoms with Gasteiger partial charge in [-0.05, 0) is 52.0 Å². The minimum absolute atomic E-state index is 0.144. The molecule has 0 unspecified atom stereocenters. The van der Waals surface area contributed by atoms with Crippen LogP contribution in [-0.4, -0.2) is 30.8 Å². The van der Waals surface area contributed by atoms with Gasteiger partial charge in [-0.1, -0.05) is 23.2 Å². The highest BCUT2D eigenvalue weighted by atomic mass is 35.5. The molecule has 0 amide bonds. The number of aryl methyl sites for hydroxylation is 1. The van der Waals surface area contributed by atoms with Crippen LogP contribution in [0.25, 0.3) is 0 Å². The van der Waals surface area contributed by atoms with Gasteiger partial charge in [0.2, 0.25) is 0 Å². The van der Waals surface area contributed by atoms with Gasteiger partial charge in [-0.25, -0.2) is 0 Å². The Bertz CT molecular complexity index is 422. The highest BCUT2D eigenvalue weighted by Crippen LogP contribution is 2.25. The maximum atomic E-state index is 12.4. The predicted octanol–water partition coefficient (Wildman–Crippen LogP) is 3.17. The van der Waals surface area contributed by atoms with Crippen molar-refractivity contribution in [3.8, 4) is 0 Å². The lowest BCUT2D eigenvalue weighted by atomic mass is 9.88. The van der Waals surface area contributed by atoms with Crippen LogP contribution in [-0.2, 0) is 0 Å². The number of nitrogens with zero attached hydrogens (tertiary/aromatic N) is 1. The number of hydrogen-bond donors (Lipinski definition) is 0. The molecule has 0 aromatic heterocycles. The summed E-state index contributed by atoms with van der Waals surface area (Å²) in [5.41, 5.74) is 1.78. The van der Waals surface area contributed by atoms with Crippen LogP contribution in [0.3, 0.4) is 0 Å². The standard InChI is InChI=1S/C14H18ClNO/c1-10-3-4-13(15)12(9-10)14(17)11-5-7-16(2)8-6-11/h3-4,9,11H,5-8H2,1-2H3. The molecule has 1 aromatic rings. The van der Waals surface area contributed by atoms with E-state index in [1.165, 1.54) is 0 Å². The first-order chi connectivity index (χ1) is 8.08. The fraction of sp³-hybridized carbons (Fsp3) is 0.500. The Labute approximate surface area is 108 Å². The average molecular weight is 252 g/mol. The molecule has 1 aliphatic rings. The number of likely N-dealkylation sites (tertiary alicyclic amines) is 1. The summed E-state index contributed by atoms with van der Waals surface area (Å²) in [7, 11) is 2.10. The van der Waals surface area contributed by atoms with Crippen LogP contribution < -0.4 is 0 Å². The first-order valence-corrected chi connectivity index (χ1v) is 6.44. The number of ketones is 1. The molecule has 0 radical (unpaired) electrons. The van der Waals surface area contributed by atoms with Crippen LogP contribution in [0.5, 0.6) is 0 Å². The zero-order chi connectivity index (χ0) is 12.4. The molecular formula is C14H18ClNO. The average Bonchev–Trinajstić information content (AvgIpc) is 2.32. The lowest BCUT2D eigenvalue weighted by Gasteiger charge is -2.28. The van der Waals surface area contributed by atoms with E-state index in [-0.39, 0.29) is 11.7 Å². The van der Waals surface area contributed by atoms with E-state index in [2.05, 4.69) is 11.9 Å². The van der Waals surface area contributed by atoms with Crippen molar-refractivity contribution in [2.45, 2.75) is 19.8 Å². The quantitative estimate of drug-likeness (QED) is 0.753. The molecule has 0 N–H and O–H groups in total. The van der Waals surface area contributed by atoms with Crippen molar-refractivity contribution < 1.29 is 4.79 Å². The fourth-order valence-electron chi connectivity index (χ4n) is 2.32. The Hall–Kier alpha value is -0.860. The Morgan fingerprint density at radius 2 is 2.00 bits per heavy atom. The van der Waals surface area contributed by atoms with Gasteiger partial charge in [0.15, 0.2) is 5.78 Å². The van der Waals surface area contributed by atoms with Gasteiger partial charge in [0.05, 0.1) is 5.02 Å². The Kier molecular flexibility index (Phi) is 3.85. The third kappa shape index (κ3) is 2.88. The molecule has 0 atom stereocenters. The van der Waals surface area contributed by atoms with Gasteiger partial charge in [-0.2, -0.15) is 0 Å². The topological polar surface area (TPSA) is 20.3 Å². The van der Waals surface area contributed by atoms with E-state index in [1.807, 2.05) is 25.1 Å². The van der Waals surface area contributed by atoms with Gasteiger partial charge in [0.1, 0.15) is 0 Å². The van der Waals surface area contributed by atoms with E-state index >= 15 is 0 Å². The van der Waals surface area contributed by atoms with Crippen LogP contribution >= 0.6 is 11.6 Å². The largest absolute Gasteiger partial charge is 0.306 e. The number of halogens is 1. The third-order valence-corrected chi connectivity index (χ3v) is 3.81. The number of hydrogen-bond acceptors (Lipinski definition) is 2. The van der Waals surface area contributed by atoms with E-state index in [0.29, 0.717) is 10.6 Å². The van der Waals surface area contributed by atoms with Crippen LogP contribution in [0.2, 0.25) is 5.02 Å². The van der Waals surface area contributed by atoms with Crippen molar-refractivity contribution in [2.24, 2.45) is 5.92 Å². The predicted molar refractivity (Wildman–Crippen MR) is 70.7 cm³/mol. The number of piperidine rings is 1. The van der Waals surface area contributed by atoms with E-state index in [4.69, 9.17) is 11.6 Å². The summed E-state index contributed by atoms with van der Waals surface area (Å²) in [5.74, 6) is 0.359. The summed E-state index contributed by atoms with van der Waals surface area (Å²) in [6.45, 7) is 3.99. The first kappa shape index (κ1) is 12.6. The second-order valence-corrected chi connectivity index (χ2v) is 5.33. The second-order valence-electron chi connectivity index (χ2n) is 4.93. The molecule has 2 rings (SSSR count). The minimum Gasteiger partial charge on any atom is -0.306 e. The van der Waals surface area contributed by atoms with Crippen molar-refractivity contribution >= 4 is 17.4 Å². The number of carbonyl (C=O) groups is 1. The summed E-state index contributed by atoms with van der Waals surface area (Å²) in [4.78, 5) is 14.6. The second kappa shape index (κ2) is 5.19. The first-order valence-electron chi connectivity index (χ1n) is 6.07. The van der Waals surface area contributed by atoms with Crippen LogP contribution in [0.15, 0.2) is 18.2 Å². The highest BCUT2D eigenvalue weighted by Gasteiger charge is 2.25. The zero-order valence-electron chi connectivity index (χ0n) is 10.4. The number of Topliss-reactive ketones (excluding diaryl/α,β-unsaturated/α-hetero) is 1. The van der Waals surface area contributed by atoms with E-state index in [1.54, 1.807) is 0 Å². The molecule has 1 saturated heterocycles.